The molecule has 0 bridgehead atoms. The monoisotopic (exact) mass is 327 g/mol. The van der Waals surface area contributed by atoms with Crippen LogP contribution < -0.4 is 10.5 Å². The highest BCUT2D eigenvalue weighted by molar-refractivity contribution is 9.10. The summed E-state index contributed by atoms with van der Waals surface area (Å²) in [6.45, 7) is 0.447. The molecule has 0 unspecified atom stereocenters. The zero-order chi connectivity index (χ0) is 13.9. The van der Waals surface area contributed by atoms with E-state index in [1.54, 1.807) is 0 Å². The molecule has 0 saturated carbocycles. The van der Waals surface area contributed by atoms with Gasteiger partial charge in [-0.25, -0.2) is 0 Å². The first kappa shape index (κ1) is 13.2. The van der Waals surface area contributed by atoms with Crippen molar-refractivity contribution in [3.05, 3.63) is 70.7 Å². The molecule has 3 aromatic rings. The molecule has 0 aliphatic heterocycles. The van der Waals surface area contributed by atoms with E-state index in [0.717, 1.165) is 26.9 Å². The van der Waals surface area contributed by atoms with Gasteiger partial charge in [0, 0.05) is 16.6 Å². The van der Waals surface area contributed by atoms with Crippen molar-refractivity contribution in [3.8, 4) is 11.5 Å². The lowest BCUT2D eigenvalue weighted by molar-refractivity contribution is 0.477. The van der Waals surface area contributed by atoms with E-state index in [9.17, 15) is 0 Å². The molecule has 3 heteroatoms. The van der Waals surface area contributed by atoms with Crippen molar-refractivity contribution in [1.82, 2.24) is 0 Å². The summed E-state index contributed by atoms with van der Waals surface area (Å²) in [5.74, 6) is 1.62. The van der Waals surface area contributed by atoms with Crippen LogP contribution in [0.5, 0.6) is 11.5 Å². The summed E-state index contributed by atoms with van der Waals surface area (Å²) in [6, 6.07) is 20.2. The number of fused-ring (bicyclic) bond motifs is 1. The fraction of sp³-hybridized carbons (Fsp3) is 0.0588. The minimum absolute atomic E-state index is 0.447. The quantitative estimate of drug-likeness (QED) is 0.746. The fourth-order valence-electron chi connectivity index (χ4n) is 2.16. The smallest absolute Gasteiger partial charge is 0.131 e. The molecular formula is C17H14BrNO. The van der Waals surface area contributed by atoms with E-state index < -0.39 is 0 Å². The molecular weight excluding hydrogens is 314 g/mol. The Hall–Kier alpha value is -1.84. The van der Waals surface area contributed by atoms with Crippen LogP contribution in [0, 0.1) is 0 Å². The first-order chi connectivity index (χ1) is 9.76. The summed E-state index contributed by atoms with van der Waals surface area (Å²) in [5.41, 5.74) is 6.74. The minimum Gasteiger partial charge on any atom is -0.457 e. The molecule has 0 aromatic heterocycles. The normalized spacial score (nSPS) is 10.7. The molecule has 3 aromatic carbocycles. The zero-order valence-electron chi connectivity index (χ0n) is 10.8. The summed E-state index contributed by atoms with van der Waals surface area (Å²) >= 11 is 3.44. The molecule has 0 aliphatic rings. The molecule has 0 fully saturated rings. The van der Waals surface area contributed by atoms with E-state index >= 15 is 0 Å². The first-order valence-electron chi connectivity index (χ1n) is 6.41. The molecule has 2 nitrogen and oxygen atoms in total. The number of hydrogen-bond donors (Lipinski definition) is 1. The highest BCUT2D eigenvalue weighted by Crippen LogP contribution is 2.29. The Bertz CT molecular complexity index is 755. The maximum absolute atomic E-state index is 5.96. The Labute approximate surface area is 126 Å². The van der Waals surface area contributed by atoms with Gasteiger partial charge in [0.2, 0.25) is 0 Å². The second-order valence-electron chi connectivity index (χ2n) is 4.57. The maximum Gasteiger partial charge on any atom is 0.131 e. The minimum atomic E-state index is 0.447. The van der Waals surface area contributed by atoms with Crippen molar-refractivity contribution in [2.45, 2.75) is 6.54 Å². The van der Waals surface area contributed by atoms with Crippen LogP contribution in [0.4, 0.5) is 0 Å². The van der Waals surface area contributed by atoms with Gasteiger partial charge in [0.25, 0.3) is 0 Å². The highest BCUT2D eigenvalue weighted by atomic mass is 79.9. The Morgan fingerprint density at radius 3 is 2.50 bits per heavy atom. The maximum atomic E-state index is 5.96. The average molecular weight is 328 g/mol. The van der Waals surface area contributed by atoms with Crippen molar-refractivity contribution in [1.29, 1.82) is 0 Å². The van der Waals surface area contributed by atoms with Gasteiger partial charge in [-0.2, -0.15) is 0 Å². The average Bonchev–Trinajstić information content (AvgIpc) is 2.49. The van der Waals surface area contributed by atoms with Crippen molar-refractivity contribution >= 4 is 26.7 Å². The Balaban J connectivity index is 1.96. The number of rotatable bonds is 3. The van der Waals surface area contributed by atoms with Crippen molar-refractivity contribution < 1.29 is 4.74 Å². The summed E-state index contributed by atoms with van der Waals surface area (Å²) in [5, 5.41) is 2.37. The van der Waals surface area contributed by atoms with Gasteiger partial charge in [0.05, 0.1) is 0 Å². The number of nitrogens with two attached hydrogens (primary N) is 1. The van der Waals surface area contributed by atoms with E-state index in [-0.39, 0.29) is 0 Å². The molecule has 0 radical (unpaired) electrons. The highest BCUT2D eigenvalue weighted by Gasteiger charge is 2.05. The molecule has 0 heterocycles. The Kier molecular flexibility index (Phi) is 3.72. The van der Waals surface area contributed by atoms with E-state index in [4.69, 9.17) is 10.5 Å². The topological polar surface area (TPSA) is 35.2 Å². The van der Waals surface area contributed by atoms with E-state index in [1.807, 2.05) is 42.5 Å². The fourth-order valence-corrected chi connectivity index (χ4v) is 2.57. The standard InChI is InChI=1S/C17H14BrNO/c18-15-6-8-17(14(9-15)11-19)20-16-7-5-12-3-1-2-4-13(12)10-16/h1-10H,11,19H2. The Morgan fingerprint density at radius 2 is 1.70 bits per heavy atom. The van der Waals surface area contributed by atoms with Gasteiger partial charge in [-0.1, -0.05) is 46.3 Å². The van der Waals surface area contributed by atoms with E-state index in [2.05, 4.69) is 34.1 Å². The summed E-state index contributed by atoms with van der Waals surface area (Å²) in [6.07, 6.45) is 0. The third-order valence-electron chi connectivity index (χ3n) is 3.19. The van der Waals surface area contributed by atoms with Crippen LogP contribution in [0.2, 0.25) is 0 Å². The van der Waals surface area contributed by atoms with Crippen LogP contribution in [0.25, 0.3) is 10.8 Å². The molecule has 2 N–H and O–H groups in total. The van der Waals surface area contributed by atoms with Crippen molar-refractivity contribution in [2.24, 2.45) is 5.73 Å². The number of benzene rings is 3. The summed E-state index contributed by atoms with van der Waals surface area (Å²) in [7, 11) is 0. The third kappa shape index (κ3) is 2.69. The zero-order valence-corrected chi connectivity index (χ0v) is 12.4. The largest absolute Gasteiger partial charge is 0.457 e. The summed E-state index contributed by atoms with van der Waals surface area (Å²) < 4.78 is 6.97. The molecule has 0 amide bonds. The predicted molar refractivity (Wildman–Crippen MR) is 86.1 cm³/mol. The van der Waals surface area contributed by atoms with Crippen LogP contribution >= 0.6 is 15.9 Å². The summed E-state index contributed by atoms with van der Waals surface area (Å²) in [4.78, 5) is 0. The molecule has 0 atom stereocenters. The molecule has 3 rings (SSSR count). The van der Waals surface area contributed by atoms with E-state index in [0.29, 0.717) is 6.54 Å². The predicted octanol–water partition coefficient (Wildman–Crippen LogP) is 4.85. The molecule has 0 saturated heterocycles. The van der Waals surface area contributed by atoms with Gasteiger partial charge in [0.1, 0.15) is 11.5 Å². The third-order valence-corrected chi connectivity index (χ3v) is 3.68. The van der Waals surface area contributed by atoms with Crippen molar-refractivity contribution in [2.75, 3.05) is 0 Å². The number of halogens is 1. The lowest BCUT2D eigenvalue weighted by atomic mass is 10.1. The van der Waals surface area contributed by atoms with Crippen LogP contribution in [-0.2, 0) is 6.54 Å². The van der Waals surface area contributed by atoms with Gasteiger partial charge in [-0.3, -0.25) is 0 Å². The molecule has 0 aliphatic carbocycles. The van der Waals surface area contributed by atoms with E-state index in [1.165, 1.54) is 5.39 Å². The first-order valence-corrected chi connectivity index (χ1v) is 7.21. The molecule has 100 valence electrons. The lowest BCUT2D eigenvalue weighted by Gasteiger charge is -2.11. The van der Waals surface area contributed by atoms with Gasteiger partial charge in [0.15, 0.2) is 0 Å². The second-order valence-corrected chi connectivity index (χ2v) is 5.48. The SMILES string of the molecule is NCc1cc(Br)ccc1Oc1ccc2ccccc2c1. The lowest BCUT2D eigenvalue weighted by Crippen LogP contribution is -1.99. The molecule has 20 heavy (non-hydrogen) atoms. The molecule has 0 spiro atoms. The second kappa shape index (κ2) is 5.65. The number of hydrogen-bond acceptors (Lipinski definition) is 2. The van der Waals surface area contributed by atoms with Crippen molar-refractivity contribution in [3.63, 3.8) is 0 Å². The van der Waals surface area contributed by atoms with Gasteiger partial charge >= 0.3 is 0 Å². The van der Waals surface area contributed by atoms with Crippen LogP contribution in [0.1, 0.15) is 5.56 Å². The van der Waals surface area contributed by atoms with Crippen LogP contribution in [-0.4, -0.2) is 0 Å². The van der Waals surface area contributed by atoms with Crippen LogP contribution in [0.3, 0.4) is 0 Å². The Morgan fingerprint density at radius 1 is 0.900 bits per heavy atom. The van der Waals surface area contributed by atoms with Gasteiger partial charge in [-0.15, -0.1) is 0 Å². The van der Waals surface area contributed by atoms with Gasteiger partial charge in [-0.05, 0) is 41.1 Å². The number of ether oxygens (including phenoxy) is 1. The van der Waals surface area contributed by atoms with Crippen LogP contribution in [0.15, 0.2) is 65.1 Å². The van der Waals surface area contributed by atoms with Gasteiger partial charge < -0.3 is 10.5 Å².